The fourth-order valence-corrected chi connectivity index (χ4v) is 2.93. The van der Waals surface area contributed by atoms with E-state index in [1.54, 1.807) is 6.07 Å². The Bertz CT molecular complexity index is 709. The Hall–Kier alpha value is -2.08. The van der Waals surface area contributed by atoms with Gasteiger partial charge in [-0.05, 0) is 39.2 Å². The molecule has 21 heavy (non-hydrogen) atoms. The zero-order valence-corrected chi connectivity index (χ0v) is 12.5. The zero-order valence-electron chi connectivity index (χ0n) is 10.9. The summed E-state index contributed by atoms with van der Waals surface area (Å²) in [5.41, 5.74) is 7.25. The highest BCUT2D eigenvalue weighted by atomic mass is 79.9. The van der Waals surface area contributed by atoms with Crippen LogP contribution in [-0.4, -0.2) is 18.0 Å². The van der Waals surface area contributed by atoms with Crippen LogP contribution in [0.2, 0.25) is 0 Å². The van der Waals surface area contributed by atoms with E-state index in [0.29, 0.717) is 11.1 Å². The van der Waals surface area contributed by atoms with Crippen molar-refractivity contribution in [2.75, 3.05) is 0 Å². The van der Waals surface area contributed by atoms with Gasteiger partial charge in [0.1, 0.15) is 12.0 Å². The van der Waals surface area contributed by atoms with Crippen LogP contribution in [0.25, 0.3) is 0 Å². The van der Waals surface area contributed by atoms with Gasteiger partial charge in [-0.1, -0.05) is 24.3 Å². The van der Waals surface area contributed by atoms with Gasteiger partial charge >= 0.3 is 5.97 Å². The van der Waals surface area contributed by atoms with E-state index in [-0.39, 0.29) is 5.76 Å². The number of carbonyl (C=O) groups is 2. The number of hydrogen-bond donors (Lipinski definition) is 1. The number of ether oxygens (including phenoxy) is 1. The molecule has 0 saturated heterocycles. The summed E-state index contributed by atoms with van der Waals surface area (Å²) in [4.78, 5) is 23.7. The van der Waals surface area contributed by atoms with Crippen molar-refractivity contribution in [2.24, 2.45) is 5.73 Å². The topological polar surface area (TPSA) is 82.5 Å². The number of amides is 1. The van der Waals surface area contributed by atoms with Gasteiger partial charge < -0.3 is 14.9 Å². The van der Waals surface area contributed by atoms with Gasteiger partial charge in [-0.2, -0.15) is 0 Å². The van der Waals surface area contributed by atoms with Crippen LogP contribution in [0.4, 0.5) is 0 Å². The van der Waals surface area contributed by atoms with Crippen molar-refractivity contribution in [2.45, 2.75) is 18.4 Å². The standard InChI is InChI=1S/C15H12BrNO4/c16-12-6-5-10(20-12)15(19)21-11-7-8-3-1-2-4-9(8)13(11)14(17)18/h1-6,11,13H,7H2,(H2,17,18). The second-order valence-electron chi connectivity index (χ2n) is 4.83. The van der Waals surface area contributed by atoms with Crippen molar-refractivity contribution >= 4 is 27.8 Å². The molecule has 1 aromatic heterocycles. The van der Waals surface area contributed by atoms with Gasteiger partial charge in [-0.15, -0.1) is 0 Å². The number of benzene rings is 1. The Morgan fingerprint density at radius 2 is 2.00 bits per heavy atom. The summed E-state index contributed by atoms with van der Waals surface area (Å²) in [7, 11) is 0. The monoisotopic (exact) mass is 349 g/mol. The van der Waals surface area contributed by atoms with Crippen LogP contribution in [0.1, 0.15) is 27.6 Å². The number of primary amides is 1. The molecule has 0 aliphatic heterocycles. The summed E-state index contributed by atoms with van der Waals surface area (Å²) < 4.78 is 11.0. The first-order valence-corrected chi connectivity index (χ1v) is 7.19. The molecule has 0 radical (unpaired) electrons. The van der Waals surface area contributed by atoms with Gasteiger partial charge in [0, 0.05) is 6.42 Å². The lowest BCUT2D eigenvalue weighted by molar-refractivity contribution is -0.121. The van der Waals surface area contributed by atoms with Crippen molar-refractivity contribution in [3.8, 4) is 0 Å². The third-order valence-corrected chi connectivity index (χ3v) is 3.95. The Morgan fingerprint density at radius 3 is 2.67 bits per heavy atom. The molecular formula is C15H12BrNO4. The molecule has 5 nitrogen and oxygen atoms in total. The largest absolute Gasteiger partial charge is 0.455 e. The summed E-state index contributed by atoms with van der Waals surface area (Å²) >= 11 is 3.12. The Labute approximate surface area is 129 Å². The normalized spacial score (nSPS) is 20.0. The summed E-state index contributed by atoms with van der Waals surface area (Å²) in [6.07, 6.45) is -0.131. The third-order valence-electron chi connectivity index (χ3n) is 3.52. The second-order valence-corrected chi connectivity index (χ2v) is 5.61. The lowest BCUT2D eigenvalue weighted by Gasteiger charge is -2.17. The molecule has 1 amide bonds. The molecule has 0 spiro atoms. The van der Waals surface area contributed by atoms with Gasteiger partial charge in [0.25, 0.3) is 0 Å². The first-order chi connectivity index (χ1) is 10.1. The highest BCUT2D eigenvalue weighted by molar-refractivity contribution is 9.10. The molecule has 108 valence electrons. The Morgan fingerprint density at radius 1 is 1.24 bits per heavy atom. The van der Waals surface area contributed by atoms with E-state index in [2.05, 4.69) is 15.9 Å². The maximum atomic E-state index is 12.0. The maximum absolute atomic E-state index is 12.0. The summed E-state index contributed by atoms with van der Waals surface area (Å²) in [6.45, 7) is 0. The Balaban J connectivity index is 1.83. The van der Waals surface area contributed by atoms with E-state index in [0.717, 1.165) is 11.1 Å². The molecule has 3 rings (SSSR count). The molecule has 0 fully saturated rings. The van der Waals surface area contributed by atoms with Crippen LogP contribution >= 0.6 is 15.9 Å². The minimum atomic E-state index is -0.622. The van der Waals surface area contributed by atoms with E-state index in [1.807, 2.05) is 24.3 Å². The quantitative estimate of drug-likeness (QED) is 0.862. The van der Waals surface area contributed by atoms with Gasteiger partial charge in [-0.3, -0.25) is 4.79 Å². The fourth-order valence-electron chi connectivity index (χ4n) is 2.62. The van der Waals surface area contributed by atoms with Gasteiger partial charge in [-0.25, -0.2) is 4.79 Å². The van der Waals surface area contributed by atoms with E-state index in [4.69, 9.17) is 14.9 Å². The molecule has 1 aromatic carbocycles. The van der Waals surface area contributed by atoms with Crippen LogP contribution in [0, 0.1) is 0 Å². The lowest BCUT2D eigenvalue weighted by atomic mass is 9.99. The zero-order chi connectivity index (χ0) is 15.0. The molecule has 2 unspecified atom stereocenters. The van der Waals surface area contributed by atoms with Gasteiger partial charge in [0.15, 0.2) is 4.67 Å². The highest BCUT2D eigenvalue weighted by Crippen LogP contribution is 2.35. The van der Waals surface area contributed by atoms with Crippen LogP contribution in [0.15, 0.2) is 45.5 Å². The van der Waals surface area contributed by atoms with E-state index < -0.39 is 23.9 Å². The van der Waals surface area contributed by atoms with Crippen LogP contribution in [-0.2, 0) is 16.0 Å². The molecule has 1 aliphatic carbocycles. The molecule has 2 atom stereocenters. The third kappa shape index (κ3) is 2.58. The highest BCUT2D eigenvalue weighted by Gasteiger charge is 2.39. The van der Waals surface area contributed by atoms with Crippen LogP contribution < -0.4 is 5.73 Å². The first-order valence-electron chi connectivity index (χ1n) is 6.39. The van der Waals surface area contributed by atoms with Crippen molar-refractivity contribution in [1.82, 2.24) is 0 Å². The lowest BCUT2D eigenvalue weighted by Crippen LogP contribution is -2.32. The number of fused-ring (bicyclic) bond motifs is 1. The van der Waals surface area contributed by atoms with Crippen molar-refractivity contribution in [1.29, 1.82) is 0 Å². The van der Waals surface area contributed by atoms with Crippen molar-refractivity contribution < 1.29 is 18.7 Å². The summed E-state index contributed by atoms with van der Waals surface area (Å²) in [5.74, 6) is -1.65. The van der Waals surface area contributed by atoms with Gasteiger partial charge in [0.05, 0.1) is 0 Å². The molecule has 2 N–H and O–H groups in total. The number of halogens is 1. The van der Waals surface area contributed by atoms with Crippen molar-refractivity contribution in [3.05, 3.63) is 58.0 Å². The van der Waals surface area contributed by atoms with E-state index in [9.17, 15) is 9.59 Å². The molecule has 1 aliphatic rings. The smallest absolute Gasteiger partial charge is 0.374 e. The predicted molar refractivity (Wildman–Crippen MR) is 77.7 cm³/mol. The summed E-state index contributed by atoms with van der Waals surface area (Å²) in [5, 5.41) is 0. The van der Waals surface area contributed by atoms with Crippen molar-refractivity contribution in [3.63, 3.8) is 0 Å². The number of rotatable bonds is 3. The fraction of sp³-hybridized carbons (Fsp3) is 0.200. The minimum Gasteiger partial charge on any atom is -0.455 e. The van der Waals surface area contributed by atoms with Crippen LogP contribution in [0.5, 0.6) is 0 Å². The minimum absolute atomic E-state index is 0.0843. The van der Waals surface area contributed by atoms with E-state index >= 15 is 0 Å². The molecule has 2 aromatic rings. The first kappa shape index (κ1) is 13.9. The average Bonchev–Trinajstić information content (AvgIpc) is 3.01. The molecule has 0 saturated carbocycles. The molecule has 6 heteroatoms. The number of esters is 1. The second kappa shape index (κ2) is 5.37. The molecular weight excluding hydrogens is 338 g/mol. The maximum Gasteiger partial charge on any atom is 0.374 e. The number of carbonyl (C=O) groups excluding carboxylic acids is 2. The van der Waals surface area contributed by atoms with Gasteiger partial charge in [0.2, 0.25) is 11.7 Å². The number of hydrogen-bond acceptors (Lipinski definition) is 4. The SMILES string of the molecule is NC(=O)C1c2ccccc2CC1OC(=O)c1ccc(Br)o1. The number of nitrogens with two attached hydrogens (primary N) is 1. The summed E-state index contributed by atoms with van der Waals surface area (Å²) in [6, 6.07) is 10.6. The predicted octanol–water partition coefficient (Wildman–Crippen LogP) is 2.39. The van der Waals surface area contributed by atoms with E-state index in [1.165, 1.54) is 6.07 Å². The average molecular weight is 350 g/mol. The number of furan rings is 1. The molecule has 0 bridgehead atoms. The Kier molecular flexibility index (Phi) is 3.55. The van der Waals surface area contributed by atoms with Crippen LogP contribution in [0.3, 0.4) is 0 Å². The molecule has 1 heterocycles.